The highest BCUT2D eigenvalue weighted by Gasteiger charge is 2.55. The van der Waals surface area contributed by atoms with Gasteiger partial charge in [-0.15, -0.1) is 0 Å². The van der Waals surface area contributed by atoms with E-state index < -0.39 is 11.4 Å². The maximum atomic E-state index is 11.0. The molecule has 2 N–H and O–H groups in total. The highest BCUT2D eigenvalue weighted by Crippen LogP contribution is 2.47. The van der Waals surface area contributed by atoms with Crippen LogP contribution in [0, 0.1) is 5.41 Å². The summed E-state index contributed by atoms with van der Waals surface area (Å²) in [5.41, 5.74) is 4.18. The van der Waals surface area contributed by atoms with E-state index in [0.717, 1.165) is 0 Å². The van der Waals surface area contributed by atoms with E-state index in [-0.39, 0.29) is 12.5 Å². The molecule has 0 aromatic carbocycles. The zero-order valence-corrected chi connectivity index (χ0v) is 6.42. The fourth-order valence-electron chi connectivity index (χ4n) is 1.04. The summed E-state index contributed by atoms with van der Waals surface area (Å²) >= 11 is 0. The summed E-state index contributed by atoms with van der Waals surface area (Å²) in [6, 6.07) is 0. The number of nitrogens with two attached hydrogens (primary N) is 1. The van der Waals surface area contributed by atoms with Crippen LogP contribution < -0.4 is 5.73 Å². The summed E-state index contributed by atoms with van der Waals surface area (Å²) in [7, 11) is 0. The minimum absolute atomic E-state index is 0.115. The van der Waals surface area contributed by atoms with Gasteiger partial charge in [0.15, 0.2) is 0 Å². The first-order valence-corrected chi connectivity index (χ1v) is 3.52. The van der Waals surface area contributed by atoms with Gasteiger partial charge in [0.2, 0.25) is 0 Å². The number of esters is 1. The third-order valence-electron chi connectivity index (χ3n) is 2.03. The van der Waals surface area contributed by atoms with Crippen LogP contribution in [-0.4, -0.2) is 18.5 Å². The van der Waals surface area contributed by atoms with Crippen LogP contribution in [0.5, 0.6) is 0 Å². The van der Waals surface area contributed by atoms with Crippen molar-refractivity contribution >= 4 is 11.8 Å². The Morgan fingerprint density at radius 2 is 2.09 bits per heavy atom. The second-order valence-electron chi connectivity index (χ2n) is 2.74. The summed E-state index contributed by atoms with van der Waals surface area (Å²) in [6.07, 6.45) is 1.22. The van der Waals surface area contributed by atoms with E-state index >= 15 is 0 Å². The van der Waals surface area contributed by atoms with Gasteiger partial charge in [0.05, 0.1) is 0 Å². The van der Waals surface area contributed by atoms with Gasteiger partial charge in [-0.1, -0.05) is 0 Å². The van der Waals surface area contributed by atoms with Crippen molar-refractivity contribution < 1.29 is 14.3 Å². The van der Waals surface area contributed by atoms with Crippen molar-refractivity contribution in [3.8, 4) is 0 Å². The van der Waals surface area contributed by atoms with Gasteiger partial charge in [0, 0.05) is 0 Å². The van der Waals surface area contributed by atoms with Gasteiger partial charge in [0.25, 0.3) is 0 Å². The lowest BCUT2D eigenvalue weighted by molar-refractivity contribution is -0.153. The van der Waals surface area contributed by atoms with E-state index in [1.54, 1.807) is 0 Å². The van der Waals surface area contributed by atoms with E-state index in [1.165, 1.54) is 6.92 Å². The lowest BCUT2D eigenvalue weighted by atomic mass is 10.0. The van der Waals surface area contributed by atoms with Gasteiger partial charge in [-0.05, 0) is 19.8 Å². The molecule has 0 aromatic heterocycles. The largest absolute Gasteiger partial charge is 0.449 e. The van der Waals surface area contributed by atoms with Crippen LogP contribution in [0.2, 0.25) is 0 Å². The molecule has 0 spiro atoms. The van der Waals surface area contributed by atoms with Crippen LogP contribution in [-0.2, 0) is 14.3 Å². The molecule has 0 aromatic rings. The van der Waals surface area contributed by atoms with E-state index in [2.05, 4.69) is 4.74 Å². The normalized spacial score (nSPS) is 19.1. The first-order valence-electron chi connectivity index (χ1n) is 3.52. The van der Waals surface area contributed by atoms with Gasteiger partial charge >= 0.3 is 5.97 Å². The summed E-state index contributed by atoms with van der Waals surface area (Å²) in [5.74, 6) is -0.580. The molecule has 4 heteroatoms. The molecule has 0 heterocycles. The molecule has 0 unspecified atom stereocenters. The van der Waals surface area contributed by atoms with E-state index in [1.807, 2.05) is 0 Å². The van der Waals surface area contributed by atoms with E-state index in [9.17, 15) is 9.59 Å². The molecule has 0 saturated heterocycles. The molecule has 62 valence electrons. The van der Waals surface area contributed by atoms with E-state index in [4.69, 9.17) is 5.73 Å². The fraction of sp³-hybridized carbons (Fsp3) is 0.714. The first kappa shape index (κ1) is 8.20. The van der Waals surface area contributed by atoms with Gasteiger partial charge in [-0.25, -0.2) is 0 Å². The zero-order valence-electron chi connectivity index (χ0n) is 6.42. The number of hydrogen-bond acceptors (Lipinski definition) is 4. The van der Waals surface area contributed by atoms with Crippen molar-refractivity contribution in [2.75, 3.05) is 6.73 Å². The van der Waals surface area contributed by atoms with Crippen LogP contribution in [0.1, 0.15) is 19.8 Å². The minimum atomic E-state index is -0.820. The van der Waals surface area contributed by atoms with Gasteiger partial charge in [-0.3, -0.25) is 15.3 Å². The van der Waals surface area contributed by atoms with Crippen molar-refractivity contribution in [1.29, 1.82) is 0 Å². The molecule has 0 amide bonds. The summed E-state index contributed by atoms with van der Waals surface area (Å²) < 4.78 is 4.55. The van der Waals surface area contributed by atoms with Crippen LogP contribution in [0.4, 0.5) is 0 Å². The average molecular weight is 157 g/mol. The highest BCUT2D eigenvalue weighted by molar-refractivity contribution is 6.05. The third kappa shape index (κ3) is 1.26. The number of carbonyl (C=O) groups excluding carboxylic acids is 2. The molecular weight excluding hydrogens is 146 g/mol. The number of hydrogen-bond donors (Lipinski definition) is 1. The Hall–Kier alpha value is -0.900. The Morgan fingerprint density at radius 1 is 1.55 bits per heavy atom. The number of ether oxygens (including phenoxy) is 1. The zero-order chi connectivity index (χ0) is 8.48. The molecule has 0 bridgehead atoms. The summed E-state index contributed by atoms with van der Waals surface area (Å²) in [6.45, 7) is 1.26. The molecule has 0 radical (unpaired) electrons. The Labute approximate surface area is 64.7 Å². The van der Waals surface area contributed by atoms with Crippen LogP contribution in [0.25, 0.3) is 0 Å². The smallest absolute Gasteiger partial charge is 0.320 e. The fourth-order valence-corrected chi connectivity index (χ4v) is 1.04. The number of Topliss-reactive ketones (excluding diaryl/α,β-unsaturated/α-hetero) is 1. The predicted molar refractivity (Wildman–Crippen MR) is 37.5 cm³/mol. The Balaban J connectivity index is 2.58. The quantitative estimate of drug-likeness (QED) is 0.350. The second-order valence-corrected chi connectivity index (χ2v) is 2.74. The SMILES string of the molecule is CC(=O)C1(C(=O)OCN)CC1. The monoisotopic (exact) mass is 157 g/mol. The Kier molecular flexibility index (Phi) is 1.95. The first-order chi connectivity index (χ1) is 5.13. The topological polar surface area (TPSA) is 69.4 Å². The molecular formula is C7H11NO3. The number of ketones is 1. The van der Waals surface area contributed by atoms with Crippen molar-refractivity contribution in [1.82, 2.24) is 0 Å². The molecule has 0 atom stereocenters. The van der Waals surface area contributed by atoms with Crippen LogP contribution in [0.15, 0.2) is 0 Å². The number of rotatable bonds is 3. The highest BCUT2D eigenvalue weighted by atomic mass is 16.5. The average Bonchev–Trinajstić information content (AvgIpc) is 2.66. The molecule has 1 saturated carbocycles. The van der Waals surface area contributed by atoms with Crippen molar-refractivity contribution in [2.24, 2.45) is 11.1 Å². The molecule has 0 aliphatic heterocycles. The predicted octanol–water partition coefficient (Wildman–Crippen LogP) is -0.185. The van der Waals surface area contributed by atoms with Gasteiger partial charge < -0.3 is 4.74 Å². The maximum absolute atomic E-state index is 11.0. The third-order valence-corrected chi connectivity index (χ3v) is 2.03. The number of carbonyl (C=O) groups is 2. The van der Waals surface area contributed by atoms with Gasteiger partial charge in [0.1, 0.15) is 17.9 Å². The Morgan fingerprint density at radius 3 is 2.36 bits per heavy atom. The summed E-state index contributed by atoms with van der Waals surface area (Å²) in [5, 5.41) is 0. The van der Waals surface area contributed by atoms with E-state index in [0.29, 0.717) is 12.8 Å². The van der Waals surface area contributed by atoms with Crippen LogP contribution in [0.3, 0.4) is 0 Å². The van der Waals surface area contributed by atoms with Crippen molar-refractivity contribution in [3.63, 3.8) is 0 Å². The molecule has 1 rings (SSSR count). The maximum Gasteiger partial charge on any atom is 0.320 e. The second kappa shape index (κ2) is 2.62. The lowest BCUT2D eigenvalue weighted by Crippen LogP contribution is -2.27. The molecule has 1 aliphatic carbocycles. The Bertz CT molecular complexity index is 196. The van der Waals surface area contributed by atoms with Crippen LogP contribution >= 0.6 is 0 Å². The molecule has 1 fully saturated rings. The molecule has 4 nitrogen and oxygen atoms in total. The summed E-state index contributed by atoms with van der Waals surface area (Å²) in [4.78, 5) is 21.9. The molecule has 1 aliphatic rings. The van der Waals surface area contributed by atoms with Crippen molar-refractivity contribution in [2.45, 2.75) is 19.8 Å². The molecule has 11 heavy (non-hydrogen) atoms. The van der Waals surface area contributed by atoms with Gasteiger partial charge in [-0.2, -0.15) is 0 Å². The lowest BCUT2D eigenvalue weighted by Gasteiger charge is -2.08. The standard InChI is InChI=1S/C7H11NO3/c1-5(9)7(2-3-7)6(10)11-4-8/h2-4,8H2,1H3. The van der Waals surface area contributed by atoms with Crippen molar-refractivity contribution in [3.05, 3.63) is 0 Å². The minimum Gasteiger partial charge on any atom is -0.449 e.